The third-order valence-electron chi connectivity index (χ3n) is 2.77. The monoisotopic (exact) mass is 272 g/mol. The lowest BCUT2D eigenvalue weighted by Crippen LogP contribution is -2.11. The SMILES string of the molecule is CSc1ccc(C)cc1OCC(=O)c1ccccc1. The van der Waals surface area contributed by atoms with E-state index in [4.69, 9.17) is 4.74 Å². The topological polar surface area (TPSA) is 26.3 Å². The van der Waals surface area contributed by atoms with E-state index >= 15 is 0 Å². The van der Waals surface area contributed by atoms with Crippen LogP contribution < -0.4 is 4.74 Å². The van der Waals surface area contributed by atoms with E-state index in [9.17, 15) is 4.79 Å². The van der Waals surface area contributed by atoms with E-state index in [0.717, 1.165) is 16.2 Å². The molecule has 0 atom stereocenters. The largest absolute Gasteiger partial charge is 0.484 e. The molecule has 0 spiro atoms. The van der Waals surface area contributed by atoms with E-state index in [-0.39, 0.29) is 12.4 Å². The summed E-state index contributed by atoms with van der Waals surface area (Å²) in [6.07, 6.45) is 2.00. The van der Waals surface area contributed by atoms with Gasteiger partial charge in [0, 0.05) is 10.5 Å². The molecule has 2 aromatic rings. The van der Waals surface area contributed by atoms with Gasteiger partial charge in [-0.15, -0.1) is 11.8 Å². The zero-order chi connectivity index (χ0) is 13.7. The maximum Gasteiger partial charge on any atom is 0.200 e. The summed E-state index contributed by atoms with van der Waals surface area (Å²) in [5, 5.41) is 0. The molecule has 0 fully saturated rings. The van der Waals surface area contributed by atoms with Crippen LogP contribution in [0.3, 0.4) is 0 Å². The van der Waals surface area contributed by atoms with Gasteiger partial charge in [0.15, 0.2) is 12.4 Å². The van der Waals surface area contributed by atoms with Gasteiger partial charge >= 0.3 is 0 Å². The fraction of sp³-hybridized carbons (Fsp3) is 0.188. The summed E-state index contributed by atoms with van der Waals surface area (Å²) >= 11 is 1.62. The lowest BCUT2D eigenvalue weighted by Gasteiger charge is -2.10. The van der Waals surface area contributed by atoms with Gasteiger partial charge in [-0.1, -0.05) is 36.4 Å². The van der Waals surface area contributed by atoms with Crippen LogP contribution in [0.4, 0.5) is 0 Å². The van der Waals surface area contributed by atoms with Crippen LogP contribution in [-0.2, 0) is 0 Å². The number of aryl methyl sites for hydroxylation is 1. The molecule has 0 bridgehead atoms. The molecule has 0 aliphatic rings. The molecule has 0 saturated heterocycles. The molecule has 0 aromatic heterocycles. The highest BCUT2D eigenvalue weighted by Gasteiger charge is 2.08. The van der Waals surface area contributed by atoms with Crippen LogP contribution in [0, 0.1) is 6.92 Å². The lowest BCUT2D eigenvalue weighted by atomic mass is 10.1. The Morgan fingerprint density at radius 2 is 1.89 bits per heavy atom. The quantitative estimate of drug-likeness (QED) is 0.608. The summed E-state index contributed by atoms with van der Waals surface area (Å²) in [6, 6.07) is 15.2. The Morgan fingerprint density at radius 1 is 1.16 bits per heavy atom. The molecule has 0 heterocycles. The molecule has 0 N–H and O–H groups in total. The van der Waals surface area contributed by atoms with Crippen LogP contribution in [0.2, 0.25) is 0 Å². The first-order valence-electron chi connectivity index (χ1n) is 6.06. The molecule has 3 heteroatoms. The van der Waals surface area contributed by atoms with Crippen LogP contribution >= 0.6 is 11.8 Å². The van der Waals surface area contributed by atoms with Gasteiger partial charge in [0.25, 0.3) is 0 Å². The molecular weight excluding hydrogens is 256 g/mol. The minimum Gasteiger partial charge on any atom is -0.484 e. The highest BCUT2D eigenvalue weighted by molar-refractivity contribution is 7.98. The average molecular weight is 272 g/mol. The minimum absolute atomic E-state index is 0.00541. The van der Waals surface area contributed by atoms with Crippen LogP contribution in [0.5, 0.6) is 5.75 Å². The van der Waals surface area contributed by atoms with Gasteiger partial charge in [0.2, 0.25) is 0 Å². The molecule has 0 radical (unpaired) electrons. The molecule has 2 aromatic carbocycles. The van der Waals surface area contributed by atoms with Gasteiger partial charge in [-0.2, -0.15) is 0 Å². The molecule has 98 valence electrons. The summed E-state index contributed by atoms with van der Waals surface area (Å²) in [5.74, 6) is 0.769. The summed E-state index contributed by atoms with van der Waals surface area (Å²) in [6.45, 7) is 2.08. The summed E-state index contributed by atoms with van der Waals surface area (Å²) in [5.41, 5.74) is 1.81. The van der Waals surface area contributed by atoms with Crippen molar-refractivity contribution in [2.45, 2.75) is 11.8 Å². The van der Waals surface area contributed by atoms with Gasteiger partial charge in [0.05, 0.1) is 0 Å². The highest BCUT2D eigenvalue weighted by Crippen LogP contribution is 2.28. The molecule has 0 aliphatic carbocycles. The fourth-order valence-corrected chi connectivity index (χ4v) is 2.27. The number of thioether (sulfide) groups is 1. The number of carbonyl (C=O) groups excluding carboxylic acids is 1. The third kappa shape index (κ3) is 3.61. The molecular formula is C16H16O2S. The Labute approximate surface area is 117 Å². The maximum atomic E-state index is 12.0. The normalized spacial score (nSPS) is 10.2. The van der Waals surface area contributed by atoms with Crippen molar-refractivity contribution < 1.29 is 9.53 Å². The van der Waals surface area contributed by atoms with E-state index in [0.29, 0.717) is 5.56 Å². The molecule has 0 saturated carbocycles. The van der Waals surface area contributed by atoms with Gasteiger partial charge in [-0.25, -0.2) is 0 Å². The van der Waals surface area contributed by atoms with Crippen LogP contribution in [0.15, 0.2) is 53.4 Å². The van der Waals surface area contributed by atoms with Gasteiger partial charge in [0.1, 0.15) is 5.75 Å². The molecule has 0 unspecified atom stereocenters. The van der Waals surface area contributed by atoms with Crippen molar-refractivity contribution in [2.75, 3.05) is 12.9 Å². The molecule has 0 amide bonds. The van der Waals surface area contributed by atoms with Crippen molar-refractivity contribution in [3.05, 3.63) is 59.7 Å². The number of rotatable bonds is 5. The number of Topliss-reactive ketones (excluding diaryl/α,β-unsaturated/α-hetero) is 1. The van der Waals surface area contributed by atoms with Crippen molar-refractivity contribution in [3.8, 4) is 5.75 Å². The smallest absolute Gasteiger partial charge is 0.200 e. The zero-order valence-corrected chi connectivity index (χ0v) is 11.9. The van der Waals surface area contributed by atoms with Gasteiger partial charge in [-0.05, 0) is 30.9 Å². The number of hydrogen-bond acceptors (Lipinski definition) is 3. The number of ether oxygens (including phenoxy) is 1. The second kappa shape index (κ2) is 6.43. The van der Waals surface area contributed by atoms with Crippen molar-refractivity contribution in [1.82, 2.24) is 0 Å². The summed E-state index contributed by atoms with van der Waals surface area (Å²) in [7, 11) is 0. The molecule has 19 heavy (non-hydrogen) atoms. The zero-order valence-electron chi connectivity index (χ0n) is 11.1. The Morgan fingerprint density at radius 3 is 2.58 bits per heavy atom. The molecule has 2 nitrogen and oxygen atoms in total. The van der Waals surface area contributed by atoms with Crippen molar-refractivity contribution in [1.29, 1.82) is 0 Å². The Hall–Kier alpha value is -1.74. The lowest BCUT2D eigenvalue weighted by molar-refractivity contribution is 0.0919. The number of carbonyl (C=O) groups is 1. The fourth-order valence-electron chi connectivity index (χ4n) is 1.75. The molecule has 2 rings (SSSR count). The number of benzene rings is 2. The number of hydrogen-bond donors (Lipinski definition) is 0. The van der Waals surface area contributed by atoms with E-state index in [1.54, 1.807) is 23.9 Å². The van der Waals surface area contributed by atoms with Crippen molar-refractivity contribution in [2.24, 2.45) is 0 Å². The first-order chi connectivity index (χ1) is 9.20. The molecule has 0 aliphatic heterocycles. The number of ketones is 1. The second-order valence-corrected chi connectivity index (χ2v) is 5.08. The summed E-state index contributed by atoms with van der Waals surface area (Å²) in [4.78, 5) is 13.0. The first kappa shape index (κ1) is 13.7. The minimum atomic E-state index is -0.00541. The second-order valence-electron chi connectivity index (χ2n) is 4.23. The van der Waals surface area contributed by atoms with Crippen molar-refractivity contribution >= 4 is 17.5 Å². The van der Waals surface area contributed by atoms with Gasteiger partial charge in [-0.3, -0.25) is 4.79 Å². The highest BCUT2D eigenvalue weighted by atomic mass is 32.2. The van der Waals surface area contributed by atoms with E-state index in [1.807, 2.05) is 49.6 Å². The predicted octanol–water partition coefficient (Wildman–Crippen LogP) is 3.98. The van der Waals surface area contributed by atoms with Crippen molar-refractivity contribution in [3.63, 3.8) is 0 Å². The Bertz CT molecular complexity index is 564. The summed E-state index contributed by atoms with van der Waals surface area (Å²) < 4.78 is 5.65. The standard InChI is InChI=1S/C16H16O2S/c1-12-8-9-16(19-2)15(10-12)18-11-14(17)13-6-4-3-5-7-13/h3-10H,11H2,1-2H3. The Kier molecular flexibility index (Phi) is 4.63. The van der Waals surface area contributed by atoms with E-state index in [1.165, 1.54) is 0 Å². The third-order valence-corrected chi connectivity index (χ3v) is 3.55. The average Bonchev–Trinajstić information content (AvgIpc) is 2.46. The van der Waals surface area contributed by atoms with Crippen LogP contribution in [-0.4, -0.2) is 18.6 Å². The Balaban J connectivity index is 2.07. The van der Waals surface area contributed by atoms with E-state index < -0.39 is 0 Å². The predicted molar refractivity (Wildman–Crippen MR) is 79.2 cm³/mol. The maximum absolute atomic E-state index is 12.0. The van der Waals surface area contributed by atoms with E-state index in [2.05, 4.69) is 0 Å². The van der Waals surface area contributed by atoms with Crippen LogP contribution in [0.1, 0.15) is 15.9 Å². The first-order valence-corrected chi connectivity index (χ1v) is 7.29. The van der Waals surface area contributed by atoms with Gasteiger partial charge < -0.3 is 4.74 Å². The van der Waals surface area contributed by atoms with Crippen LogP contribution in [0.25, 0.3) is 0 Å².